The SMILES string of the molecule is CC=C(N)CCCCCCCCCCCCCCCCCC. The summed E-state index contributed by atoms with van der Waals surface area (Å²) in [4.78, 5) is 0. The number of nitrogens with two attached hydrogens (primary N) is 1. The molecule has 1 heteroatoms. The first kappa shape index (κ1) is 21.5. The molecule has 0 radical (unpaired) electrons. The molecule has 132 valence electrons. The van der Waals surface area contributed by atoms with Crippen LogP contribution in [0.5, 0.6) is 0 Å². The summed E-state index contributed by atoms with van der Waals surface area (Å²) in [5.41, 5.74) is 6.86. The fourth-order valence-electron chi connectivity index (χ4n) is 3.02. The maximum Gasteiger partial charge on any atom is 0.00371 e. The van der Waals surface area contributed by atoms with E-state index in [-0.39, 0.29) is 0 Å². The molecule has 0 rings (SSSR count). The van der Waals surface area contributed by atoms with Gasteiger partial charge in [-0.2, -0.15) is 0 Å². The summed E-state index contributed by atoms with van der Waals surface area (Å²) in [5, 5.41) is 0. The number of allylic oxidation sites excluding steroid dienone is 2. The summed E-state index contributed by atoms with van der Waals surface area (Å²) < 4.78 is 0. The molecule has 22 heavy (non-hydrogen) atoms. The van der Waals surface area contributed by atoms with Crippen LogP contribution in [0.15, 0.2) is 11.8 Å². The standard InChI is InChI=1S/C21H43N/c1-3-5-6-7-8-9-10-11-12-13-14-15-16-17-18-19-20-21(22)4-2/h4H,3,5-20,22H2,1-2H3. The molecule has 0 bridgehead atoms. The Balaban J connectivity index is 3.00. The highest BCUT2D eigenvalue weighted by Gasteiger charge is 1.95. The van der Waals surface area contributed by atoms with E-state index in [4.69, 9.17) is 5.73 Å². The minimum atomic E-state index is 1.06. The lowest BCUT2D eigenvalue weighted by Gasteiger charge is -2.04. The summed E-state index contributed by atoms with van der Waals surface area (Å²) in [6, 6.07) is 0. The van der Waals surface area contributed by atoms with Crippen molar-refractivity contribution in [2.45, 2.75) is 123 Å². The number of hydrogen-bond acceptors (Lipinski definition) is 1. The van der Waals surface area contributed by atoms with Crippen LogP contribution in [-0.2, 0) is 0 Å². The monoisotopic (exact) mass is 309 g/mol. The molecule has 1 nitrogen and oxygen atoms in total. The van der Waals surface area contributed by atoms with E-state index in [1.807, 2.05) is 13.0 Å². The Morgan fingerprint density at radius 1 is 0.591 bits per heavy atom. The molecule has 0 spiro atoms. The van der Waals surface area contributed by atoms with Gasteiger partial charge in [-0.05, 0) is 19.8 Å². The van der Waals surface area contributed by atoms with Crippen LogP contribution in [0.25, 0.3) is 0 Å². The third-order valence-corrected chi connectivity index (χ3v) is 4.69. The summed E-state index contributed by atoms with van der Waals surface area (Å²) >= 11 is 0. The maximum absolute atomic E-state index is 5.79. The minimum absolute atomic E-state index is 1.06. The Bertz CT molecular complexity index is 232. The first-order valence-electron chi connectivity index (χ1n) is 10.2. The van der Waals surface area contributed by atoms with Crippen molar-refractivity contribution in [1.82, 2.24) is 0 Å². The van der Waals surface area contributed by atoms with Gasteiger partial charge in [-0.25, -0.2) is 0 Å². The zero-order valence-corrected chi connectivity index (χ0v) is 15.7. The van der Waals surface area contributed by atoms with E-state index in [1.54, 1.807) is 0 Å². The van der Waals surface area contributed by atoms with Crippen molar-refractivity contribution in [3.05, 3.63) is 11.8 Å². The third kappa shape index (κ3) is 17.6. The van der Waals surface area contributed by atoms with Crippen molar-refractivity contribution < 1.29 is 0 Å². The van der Waals surface area contributed by atoms with Gasteiger partial charge in [0.25, 0.3) is 0 Å². The number of unbranched alkanes of at least 4 members (excludes halogenated alkanes) is 15. The zero-order valence-electron chi connectivity index (χ0n) is 15.7. The van der Waals surface area contributed by atoms with Gasteiger partial charge in [0.1, 0.15) is 0 Å². The lowest BCUT2D eigenvalue weighted by molar-refractivity contribution is 0.529. The fourth-order valence-corrected chi connectivity index (χ4v) is 3.02. The fraction of sp³-hybridized carbons (Fsp3) is 0.905. The molecule has 0 aliphatic heterocycles. The van der Waals surface area contributed by atoms with Crippen LogP contribution < -0.4 is 5.73 Å². The van der Waals surface area contributed by atoms with Gasteiger partial charge >= 0.3 is 0 Å². The molecule has 0 aliphatic carbocycles. The molecule has 0 saturated heterocycles. The minimum Gasteiger partial charge on any atom is -0.402 e. The number of hydrogen-bond donors (Lipinski definition) is 1. The average molecular weight is 310 g/mol. The van der Waals surface area contributed by atoms with E-state index in [0.717, 1.165) is 12.1 Å². The Labute approximate surface area is 141 Å². The van der Waals surface area contributed by atoms with Crippen molar-refractivity contribution in [3.8, 4) is 0 Å². The smallest absolute Gasteiger partial charge is 0.00371 e. The average Bonchev–Trinajstić information content (AvgIpc) is 2.54. The molecule has 0 aromatic rings. The third-order valence-electron chi connectivity index (χ3n) is 4.69. The Hall–Kier alpha value is -0.460. The second kappa shape index (κ2) is 18.6. The van der Waals surface area contributed by atoms with Crippen LogP contribution in [0.3, 0.4) is 0 Å². The van der Waals surface area contributed by atoms with Crippen LogP contribution in [-0.4, -0.2) is 0 Å². The zero-order chi connectivity index (χ0) is 16.3. The lowest BCUT2D eigenvalue weighted by atomic mass is 10.0. The van der Waals surface area contributed by atoms with E-state index in [9.17, 15) is 0 Å². The van der Waals surface area contributed by atoms with Gasteiger partial charge in [0, 0.05) is 5.70 Å². The second-order valence-corrected chi connectivity index (χ2v) is 6.92. The van der Waals surface area contributed by atoms with E-state index in [1.165, 1.54) is 103 Å². The molecule has 0 heterocycles. The number of rotatable bonds is 17. The topological polar surface area (TPSA) is 26.0 Å². The summed E-state index contributed by atoms with van der Waals surface area (Å²) in [5.74, 6) is 0. The maximum atomic E-state index is 5.79. The van der Waals surface area contributed by atoms with Crippen LogP contribution in [0.1, 0.15) is 123 Å². The van der Waals surface area contributed by atoms with Crippen LogP contribution in [0, 0.1) is 0 Å². The summed E-state index contributed by atoms with van der Waals surface area (Å²) in [6.45, 7) is 4.32. The Morgan fingerprint density at radius 3 is 1.23 bits per heavy atom. The predicted octanol–water partition coefficient (Wildman–Crippen LogP) is 7.50. The van der Waals surface area contributed by atoms with Crippen molar-refractivity contribution in [2.24, 2.45) is 5.73 Å². The van der Waals surface area contributed by atoms with E-state index >= 15 is 0 Å². The molecule has 0 atom stereocenters. The molecule has 0 aromatic carbocycles. The predicted molar refractivity (Wildman–Crippen MR) is 102 cm³/mol. The molecule has 2 N–H and O–H groups in total. The Kier molecular flexibility index (Phi) is 18.2. The van der Waals surface area contributed by atoms with Crippen LogP contribution in [0.2, 0.25) is 0 Å². The quantitative estimate of drug-likeness (QED) is 0.276. The van der Waals surface area contributed by atoms with Crippen LogP contribution >= 0.6 is 0 Å². The molecular formula is C21H43N. The first-order chi connectivity index (χ1) is 10.8. The highest BCUT2D eigenvalue weighted by atomic mass is 14.6. The normalized spacial score (nSPS) is 12.0. The lowest BCUT2D eigenvalue weighted by Crippen LogP contribution is -1.95. The van der Waals surface area contributed by atoms with Gasteiger partial charge in [-0.15, -0.1) is 0 Å². The van der Waals surface area contributed by atoms with Crippen molar-refractivity contribution in [1.29, 1.82) is 0 Å². The largest absolute Gasteiger partial charge is 0.402 e. The molecule has 0 fully saturated rings. The van der Waals surface area contributed by atoms with E-state index in [2.05, 4.69) is 6.92 Å². The molecule has 0 saturated carbocycles. The molecule has 0 amide bonds. The van der Waals surface area contributed by atoms with Gasteiger partial charge in [0.15, 0.2) is 0 Å². The van der Waals surface area contributed by atoms with Gasteiger partial charge in [0.05, 0.1) is 0 Å². The van der Waals surface area contributed by atoms with E-state index in [0.29, 0.717) is 0 Å². The highest BCUT2D eigenvalue weighted by Crippen LogP contribution is 2.14. The van der Waals surface area contributed by atoms with Crippen molar-refractivity contribution >= 4 is 0 Å². The molecular weight excluding hydrogens is 266 g/mol. The van der Waals surface area contributed by atoms with Gasteiger partial charge in [-0.1, -0.05) is 109 Å². The van der Waals surface area contributed by atoms with Crippen molar-refractivity contribution in [3.63, 3.8) is 0 Å². The summed E-state index contributed by atoms with van der Waals surface area (Å²) in [6.07, 6.45) is 26.0. The Morgan fingerprint density at radius 2 is 0.909 bits per heavy atom. The molecule has 0 aromatic heterocycles. The van der Waals surface area contributed by atoms with Gasteiger partial charge < -0.3 is 5.73 Å². The second-order valence-electron chi connectivity index (χ2n) is 6.92. The molecule has 0 aliphatic rings. The van der Waals surface area contributed by atoms with Gasteiger partial charge in [-0.3, -0.25) is 0 Å². The van der Waals surface area contributed by atoms with Gasteiger partial charge in [0.2, 0.25) is 0 Å². The summed E-state index contributed by atoms with van der Waals surface area (Å²) in [7, 11) is 0. The molecule has 0 unspecified atom stereocenters. The van der Waals surface area contributed by atoms with E-state index < -0.39 is 0 Å². The van der Waals surface area contributed by atoms with Crippen molar-refractivity contribution in [2.75, 3.05) is 0 Å². The highest BCUT2D eigenvalue weighted by molar-refractivity contribution is 4.92. The first-order valence-corrected chi connectivity index (χ1v) is 10.2. The van der Waals surface area contributed by atoms with Crippen LogP contribution in [0.4, 0.5) is 0 Å².